The van der Waals surface area contributed by atoms with Gasteiger partial charge in [-0.25, -0.2) is 4.98 Å². The van der Waals surface area contributed by atoms with E-state index in [2.05, 4.69) is 31.5 Å². The Bertz CT molecular complexity index is 1030. The highest BCUT2D eigenvalue weighted by Crippen LogP contribution is 2.33. The Labute approximate surface area is 154 Å². The molecule has 4 rings (SSSR count). The summed E-state index contributed by atoms with van der Waals surface area (Å²) < 4.78 is 9.13. The van der Waals surface area contributed by atoms with Crippen LogP contribution in [0.25, 0.3) is 22.4 Å². The molecular formula is C20H16BrN3O. The molecule has 2 aromatic heterocycles. The van der Waals surface area contributed by atoms with Crippen LogP contribution in [-0.2, 0) is 13.7 Å². The van der Waals surface area contributed by atoms with Crippen molar-refractivity contribution >= 4 is 27.0 Å². The first-order valence-corrected chi connectivity index (χ1v) is 8.75. The van der Waals surface area contributed by atoms with E-state index in [1.54, 1.807) is 6.20 Å². The van der Waals surface area contributed by atoms with E-state index in [0.717, 1.165) is 38.2 Å². The lowest BCUT2D eigenvalue weighted by Gasteiger charge is -2.11. The lowest BCUT2D eigenvalue weighted by Crippen LogP contribution is -1.99. The van der Waals surface area contributed by atoms with Crippen molar-refractivity contribution in [3.05, 3.63) is 77.0 Å². The van der Waals surface area contributed by atoms with Gasteiger partial charge in [-0.2, -0.15) is 0 Å². The number of fused-ring (bicyclic) bond motifs is 1. The van der Waals surface area contributed by atoms with Gasteiger partial charge in [0.2, 0.25) is 0 Å². The average Bonchev–Trinajstić information content (AvgIpc) is 2.99. The Kier molecular flexibility index (Phi) is 4.24. The normalized spacial score (nSPS) is 11.0. The third-order valence-corrected chi connectivity index (χ3v) is 4.75. The van der Waals surface area contributed by atoms with Gasteiger partial charge < -0.3 is 9.30 Å². The summed E-state index contributed by atoms with van der Waals surface area (Å²) >= 11 is 3.58. The number of hydrogen-bond acceptors (Lipinski definition) is 3. The monoisotopic (exact) mass is 393 g/mol. The molecule has 0 N–H and O–H groups in total. The molecule has 0 saturated heterocycles. The van der Waals surface area contributed by atoms with Crippen LogP contribution in [0.1, 0.15) is 5.56 Å². The van der Waals surface area contributed by atoms with Gasteiger partial charge in [-0.05, 0) is 46.3 Å². The van der Waals surface area contributed by atoms with Gasteiger partial charge in [-0.3, -0.25) is 4.98 Å². The van der Waals surface area contributed by atoms with Gasteiger partial charge >= 0.3 is 0 Å². The highest BCUT2D eigenvalue weighted by atomic mass is 79.9. The van der Waals surface area contributed by atoms with Crippen LogP contribution in [0.5, 0.6) is 5.75 Å². The zero-order chi connectivity index (χ0) is 17.2. The van der Waals surface area contributed by atoms with Gasteiger partial charge in [0, 0.05) is 29.5 Å². The molecule has 4 nitrogen and oxygen atoms in total. The van der Waals surface area contributed by atoms with Gasteiger partial charge in [-0.15, -0.1) is 0 Å². The van der Waals surface area contributed by atoms with E-state index in [0.29, 0.717) is 6.61 Å². The van der Waals surface area contributed by atoms with Crippen molar-refractivity contribution in [3.63, 3.8) is 0 Å². The third-order valence-electron chi connectivity index (χ3n) is 4.11. The van der Waals surface area contributed by atoms with Crippen LogP contribution in [0, 0.1) is 0 Å². The number of rotatable bonds is 4. The molecule has 0 saturated carbocycles. The van der Waals surface area contributed by atoms with E-state index < -0.39 is 0 Å². The summed E-state index contributed by atoms with van der Waals surface area (Å²) in [6.45, 7) is 0.471. The van der Waals surface area contributed by atoms with E-state index in [9.17, 15) is 0 Å². The molecule has 0 aliphatic carbocycles. The number of nitrogens with zero attached hydrogens (tertiary/aromatic N) is 3. The molecule has 0 atom stereocenters. The molecule has 0 aliphatic heterocycles. The topological polar surface area (TPSA) is 39.9 Å². The molecule has 2 aromatic carbocycles. The van der Waals surface area contributed by atoms with Crippen molar-refractivity contribution in [1.82, 2.24) is 14.5 Å². The van der Waals surface area contributed by atoms with Crippen LogP contribution in [-0.4, -0.2) is 14.5 Å². The second-order valence-corrected chi connectivity index (χ2v) is 6.60. The number of halogens is 1. The molecule has 25 heavy (non-hydrogen) atoms. The molecule has 0 radical (unpaired) electrons. The number of imidazole rings is 1. The number of hydrogen-bond donors (Lipinski definition) is 0. The van der Waals surface area contributed by atoms with E-state index in [4.69, 9.17) is 9.72 Å². The Morgan fingerprint density at radius 2 is 1.92 bits per heavy atom. The van der Waals surface area contributed by atoms with E-state index in [1.165, 1.54) is 0 Å². The SMILES string of the molecule is Cn1c(-c2ccccc2OCc2cccnc2)nc2c(Br)cccc21. The molecule has 0 fully saturated rings. The first kappa shape index (κ1) is 15.8. The minimum atomic E-state index is 0.471. The Morgan fingerprint density at radius 1 is 1.04 bits per heavy atom. The number of ether oxygens (including phenoxy) is 1. The molecule has 4 aromatic rings. The molecule has 5 heteroatoms. The first-order valence-electron chi connectivity index (χ1n) is 7.96. The molecule has 0 spiro atoms. The van der Waals surface area contributed by atoms with Crippen LogP contribution in [0.4, 0.5) is 0 Å². The second kappa shape index (κ2) is 6.69. The van der Waals surface area contributed by atoms with Gasteiger partial charge in [-0.1, -0.05) is 24.3 Å². The summed E-state index contributed by atoms with van der Waals surface area (Å²) in [6.07, 6.45) is 3.57. The van der Waals surface area contributed by atoms with Crippen molar-refractivity contribution in [3.8, 4) is 17.1 Å². The fourth-order valence-electron chi connectivity index (χ4n) is 2.84. The lowest BCUT2D eigenvalue weighted by atomic mass is 10.2. The maximum Gasteiger partial charge on any atom is 0.144 e. The van der Waals surface area contributed by atoms with Gasteiger partial charge in [0.15, 0.2) is 0 Å². The highest BCUT2D eigenvalue weighted by Gasteiger charge is 2.15. The van der Waals surface area contributed by atoms with E-state index >= 15 is 0 Å². The summed E-state index contributed by atoms with van der Waals surface area (Å²) in [5.41, 5.74) is 4.02. The predicted octanol–water partition coefficient (Wildman–Crippen LogP) is 4.98. The minimum absolute atomic E-state index is 0.471. The number of aryl methyl sites for hydroxylation is 1. The molecular weight excluding hydrogens is 378 g/mol. The summed E-state index contributed by atoms with van der Waals surface area (Å²) in [5, 5.41) is 0. The zero-order valence-electron chi connectivity index (χ0n) is 13.7. The summed E-state index contributed by atoms with van der Waals surface area (Å²) in [4.78, 5) is 8.95. The van der Waals surface area contributed by atoms with E-state index in [-0.39, 0.29) is 0 Å². The predicted molar refractivity (Wildman–Crippen MR) is 102 cm³/mol. The smallest absolute Gasteiger partial charge is 0.144 e. The average molecular weight is 394 g/mol. The lowest BCUT2D eigenvalue weighted by molar-refractivity contribution is 0.307. The van der Waals surface area contributed by atoms with E-state index in [1.807, 2.05) is 61.8 Å². The molecule has 0 amide bonds. The number of pyridine rings is 1. The third kappa shape index (κ3) is 3.03. The zero-order valence-corrected chi connectivity index (χ0v) is 15.3. The summed E-state index contributed by atoms with van der Waals surface area (Å²) in [6, 6.07) is 18.0. The molecule has 0 aliphatic rings. The van der Waals surface area contributed by atoms with Crippen molar-refractivity contribution in [2.24, 2.45) is 7.05 Å². The molecule has 0 unspecified atom stereocenters. The second-order valence-electron chi connectivity index (χ2n) is 5.75. The first-order chi connectivity index (χ1) is 12.2. The van der Waals surface area contributed by atoms with Gasteiger partial charge in [0.25, 0.3) is 0 Å². The summed E-state index contributed by atoms with van der Waals surface area (Å²) in [5.74, 6) is 1.68. The quantitative estimate of drug-likeness (QED) is 0.490. The highest BCUT2D eigenvalue weighted by molar-refractivity contribution is 9.10. The molecule has 2 heterocycles. The fraction of sp³-hybridized carbons (Fsp3) is 0.100. The van der Waals surface area contributed by atoms with Crippen molar-refractivity contribution in [2.75, 3.05) is 0 Å². The van der Waals surface area contributed by atoms with Crippen LogP contribution in [0.2, 0.25) is 0 Å². The Morgan fingerprint density at radius 3 is 2.72 bits per heavy atom. The largest absolute Gasteiger partial charge is 0.488 e. The van der Waals surface area contributed by atoms with Crippen LogP contribution < -0.4 is 4.74 Å². The number of benzene rings is 2. The molecule has 124 valence electrons. The van der Waals surface area contributed by atoms with Gasteiger partial charge in [0.1, 0.15) is 23.7 Å². The maximum absolute atomic E-state index is 6.05. The fourth-order valence-corrected chi connectivity index (χ4v) is 3.29. The Balaban J connectivity index is 1.74. The number of para-hydroxylation sites is 2. The molecule has 0 bridgehead atoms. The van der Waals surface area contributed by atoms with Crippen molar-refractivity contribution in [2.45, 2.75) is 6.61 Å². The van der Waals surface area contributed by atoms with Crippen molar-refractivity contribution in [1.29, 1.82) is 0 Å². The van der Waals surface area contributed by atoms with Gasteiger partial charge in [0.05, 0.1) is 11.1 Å². The van der Waals surface area contributed by atoms with Crippen LogP contribution in [0.15, 0.2) is 71.5 Å². The Hall–Kier alpha value is -2.66. The van der Waals surface area contributed by atoms with Crippen molar-refractivity contribution < 1.29 is 4.74 Å². The number of aromatic nitrogens is 3. The maximum atomic E-state index is 6.05. The summed E-state index contributed by atoms with van der Waals surface area (Å²) in [7, 11) is 2.02. The van der Waals surface area contributed by atoms with Crippen LogP contribution >= 0.6 is 15.9 Å². The minimum Gasteiger partial charge on any atom is -0.488 e. The van der Waals surface area contributed by atoms with Crippen LogP contribution in [0.3, 0.4) is 0 Å². The standard InChI is InChI=1S/C20H16BrN3O/c1-24-17-9-4-8-16(21)19(17)23-20(24)15-7-2-3-10-18(15)25-13-14-6-5-11-22-12-14/h2-12H,13H2,1H3.